The molecule has 1 aliphatic rings. The number of aliphatic imine (C=N–C) groups is 1. The molecule has 0 radical (unpaired) electrons. The van der Waals surface area contributed by atoms with E-state index in [4.69, 9.17) is 4.74 Å². The zero-order valence-electron chi connectivity index (χ0n) is 16.3. The van der Waals surface area contributed by atoms with Crippen LogP contribution in [0.3, 0.4) is 0 Å². The summed E-state index contributed by atoms with van der Waals surface area (Å²) in [7, 11) is 1.75. The summed E-state index contributed by atoms with van der Waals surface area (Å²) < 4.78 is 5.91. The van der Waals surface area contributed by atoms with E-state index in [1.165, 1.54) is 32.1 Å². The van der Waals surface area contributed by atoms with Crippen molar-refractivity contribution in [3.05, 3.63) is 0 Å². The Morgan fingerprint density at radius 1 is 1.04 bits per heavy atom. The van der Waals surface area contributed by atoms with Gasteiger partial charge in [0.2, 0.25) is 5.91 Å². The quantitative estimate of drug-likeness (QED) is 0.222. The predicted octanol–water partition coefficient (Wildman–Crippen LogP) is 2.67. The third kappa shape index (κ3) is 11.6. The lowest BCUT2D eigenvalue weighted by Crippen LogP contribution is -2.43. The first-order valence-electron chi connectivity index (χ1n) is 9.28. The minimum absolute atomic E-state index is 0. The van der Waals surface area contributed by atoms with E-state index in [1.54, 1.807) is 7.05 Å². The van der Waals surface area contributed by atoms with E-state index in [2.05, 4.69) is 20.9 Å². The summed E-state index contributed by atoms with van der Waals surface area (Å²) in [4.78, 5) is 15.9. The van der Waals surface area contributed by atoms with Crippen LogP contribution in [0.4, 0.5) is 0 Å². The second-order valence-electron chi connectivity index (χ2n) is 7.42. The molecule has 1 amide bonds. The van der Waals surface area contributed by atoms with Crippen LogP contribution >= 0.6 is 24.0 Å². The largest absolute Gasteiger partial charge is 0.378 e. The van der Waals surface area contributed by atoms with Gasteiger partial charge in [0.1, 0.15) is 0 Å². The molecule has 0 aromatic carbocycles. The number of ether oxygens (including phenoxy) is 1. The summed E-state index contributed by atoms with van der Waals surface area (Å²) in [5.41, 5.74) is -0.349. The van der Waals surface area contributed by atoms with Crippen LogP contribution in [0.25, 0.3) is 0 Å². The zero-order chi connectivity index (χ0) is 17.8. The number of guanidine groups is 1. The van der Waals surface area contributed by atoms with Crippen LogP contribution < -0.4 is 16.0 Å². The first-order chi connectivity index (χ1) is 11.4. The van der Waals surface area contributed by atoms with Crippen molar-refractivity contribution in [1.29, 1.82) is 0 Å². The van der Waals surface area contributed by atoms with Gasteiger partial charge in [-0.15, -0.1) is 24.0 Å². The second-order valence-corrected chi connectivity index (χ2v) is 7.42. The van der Waals surface area contributed by atoms with Crippen molar-refractivity contribution < 1.29 is 9.53 Å². The average Bonchev–Trinajstić information content (AvgIpc) is 2.56. The van der Waals surface area contributed by atoms with Gasteiger partial charge in [-0.1, -0.05) is 40.0 Å². The zero-order valence-corrected chi connectivity index (χ0v) is 18.7. The molecule has 3 N–H and O–H groups in total. The minimum Gasteiger partial charge on any atom is -0.378 e. The van der Waals surface area contributed by atoms with Gasteiger partial charge in [-0.2, -0.15) is 0 Å². The van der Waals surface area contributed by atoms with Gasteiger partial charge >= 0.3 is 0 Å². The van der Waals surface area contributed by atoms with E-state index in [1.807, 2.05) is 20.8 Å². The Labute approximate surface area is 170 Å². The Morgan fingerprint density at radius 2 is 1.64 bits per heavy atom. The highest BCUT2D eigenvalue weighted by molar-refractivity contribution is 14.0. The molecule has 0 atom stereocenters. The first kappa shape index (κ1) is 24.4. The highest BCUT2D eigenvalue weighted by Crippen LogP contribution is 2.20. The Bertz CT molecular complexity index is 391. The highest BCUT2D eigenvalue weighted by Gasteiger charge is 2.20. The summed E-state index contributed by atoms with van der Waals surface area (Å²) in [5.74, 6) is 0.824. The number of rotatable bonds is 8. The van der Waals surface area contributed by atoms with Crippen LogP contribution in [-0.2, 0) is 9.53 Å². The fourth-order valence-corrected chi connectivity index (χ4v) is 2.60. The fourth-order valence-electron chi connectivity index (χ4n) is 2.60. The normalized spacial score (nSPS) is 16.1. The molecule has 6 nitrogen and oxygen atoms in total. The number of halogens is 1. The molecular weight excluding hydrogens is 431 g/mol. The van der Waals surface area contributed by atoms with Crippen molar-refractivity contribution in [3.8, 4) is 0 Å². The van der Waals surface area contributed by atoms with Crippen molar-refractivity contribution >= 4 is 35.8 Å². The van der Waals surface area contributed by atoms with Crippen molar-refractivity contribution in [2.75, 3.05) is 33.3 Å². The molecule has 1 rings (SSSR count). The van der Waals surface area contributed by atoms with Crippen LogP contribution in [0.5, 0.6) is 0 Å². The standard InChI is InChI=1S/C18H36N4O2.HI/c1-18(2,3)16(23)20-12-13-22-17(19-4)21-11-8-14-24-15-9-6-5-7-10-15;/h15H,5-14H2,1-4H3,(H,20,23)(H2,19,21,22);1H. The molecule has 7 heteroatoms. The molecule has 0 spiro atoms. The van der Waals surface area contributed by atoms with Crippen LogP contribution in [-0.4, -0.2) is 51.3 Å². The summed E-state index contributed by atoms with van der Waals surface area (Å²) in [6.07, 6.45) is 7.87. The summed E-state index contributed by atoms with van der Waals surface area (Å²) in [6.45, 7) is 8.60. The lowest BCUT2D eigenvalue weighted by molar-refractivity contribution is -0.128. The average molecular weight is 468 g/mol. The van der Waals surface area contributed by atoms with Gasteiger partial charge in [0, 0.05) is 38.7 Å². The maximum Gasteiger partial charge on any atom is 0.225 e. The van der Waals surface area contributed by atoms with Crippen LogP contribution in [0.15, 0.2) is 4.99 Å². The SMILES string of the molecule is CN=C(NCCCOC1CCCCC1)NCCNC(=O)C(C)(C)C.I. The molecule has 0 saturated heterocycles. The number of hydrogen-bond acceptors (Lipinski definition) is 3. The number of nitrogens with zero attached hydrogens (tertiary/aromatic N) is 1. The van der Waals surface area contributed by atoms with E-state index in [-0.39, 0.29) is 35.3 Å². The first-order valence-corrected chi connectivity index (χ1v) is 9.28. The number of nitrogens with one attached hydrogen (secondary N) is 3. The molecular formula is C18H37IN4O2. The monoisotopic (exact) mass is 468 g/mol. The van der Waals surface area contributed by atoms with E-state index in [0.29, 0.717) is 19.2 Å². The van der Waals surface area contributed by atoms with Crippen molar-refractivity contribution in [2.45, 2.75) is 65.4 Å². The topological polar surface area (TPSA) is 74.8 Å². The minimum atomic E-state index is -0.349. The van der Waals surface area contributed by atoms with Crippen molar-refractivity contribution in [1.82, 2.24) is 16.0 Å². The molecule has 148 valence electrons. The third-order valence-electron chi connectivity index (χ3n) is 4.13. The highest BCUT2D eigenvalue weighted by atomic mass is 127. The molecule has 0 heterocycles. The van der Waals surface area contributed by atoms with Gasteiger partial charge in [0.15, 0.2) is 5.96 Å². The van der Waals surface area contributed by atoms with Gasteiger partial charge in [-0.25, -0.2) is 0 Å². The molecule has 1 saturated carbocycles. The van der Waals surface area contributed by atoms with E-state index < -0.39 is 0 Å². The Kier molecular flexibility index (Phi) is 13.3. The predicted molar refractivity (Wildman–Crippen MR) is 115 cm³/mol. The summed E-state index contributed by atoms with van der Waals surface area (Å²) in [6, 6.07) is 0. The number of hydrogen-bond donors (Lipinski definition) is 3. The lowest BCUT2D eigenvalue weighted by atomic mass is 9.96. The Morgan fingerprint density at radius 3 is 2.24 bits per heavy atom. The van der Waals surface area contributed by atoms with E-state index in [9.17, 15) is 4.79 Å². The van der Waals surface area contributed by atoms with Crippen LogP contribution in [0, 0.1) is 5.41 Å². The maximum atomic E-state index is 11.8. The summed E-state index contributed by atoms with van der Waals surface area (Å²) in [5, 5.41) is 9.38. The fraction of sp³-hybridized carbons (Fsp3) is 0.889. The maximum absolute atomic E-state index is 11.8. The van der Waals surface area contributed by atoms with Gasteiger partial charge in [0.05, 0.1) is 6.10 Å². The molecule has 1 aliphatic carbocycles. The Hall–Kier alpha value is -0.570. The molecule has 1 fully saturated rings. The smallest absolute Gasteiger partial charge is 0.225 e. The molecule has 0 bridgehead atoms. The Balaban J connectivity index is 0.00000576. The van der Waals surface area contributed by atoms with Gasteiger partial charge in [0.25, 0.3) is 0 Å². The van der Waals surface area contributed by atoms with Gasteiger partial charge in [-0.05, 0) is 19.3 Å². The molecule has 0 aromatic heterocycles. The van der Waals surface area contributed by atoms with E-state index >= 15 is 0 Å². The van der Waals surface area contributed by atoms with E-state index in [0.717, 1.165) is 25.5 Å². The number of carbonyl (C=O) groups excluding carboxylic acids is 1. The molecule has 25 heavy (non-hydrogen) atoms. The van der Waals surface area contributed by atoms with Crippen molar-refractivity contribution in [3.63, 3.8) is 0 Å². The third-order valence-corrected chi connectivity index (χ3v) is 4.13. The molecule has 0 unspecified atom stereocenters. The van der Waals surface area contributed by atoms with Gasteiger partial charge < -0.3 is 20.7 Å². The van der Waals surface area contributed by atoms with Gasteiger partial charge in [-0.3, -0.25) is 9.79 Å². The summed E-state index contributed by atoms with van der Waals surface area (Å²) >= 11 is 0. The number of carbonyl (C=O) groups is 1. The van der Waals surface area contributed by atoms with Crippen LogP contribution in [0.1, 0.15) is 59.3 Å². The molecule has 0 aromatic rings. The van der Waals surface area contributed by atoms with Crippen LogP contribution in [0.2, 0.25) is 0 Å². The second kappa shape index (κ2) is 13.6. The lowest BCUT2D eigenvalue weighted by Gasteiger charge is -2.22. The molecule has 0 aliphatic heterocycles. The number of amides is 1. The van der Waals surface area contributed by atoms with Crippen molar-refractivity contribution in [2.24, 2.45) is 10.4 Å².